The largest absolute Gasteiger partial charge is 0.497 e. The molecule has 3 aliphatic rings. The van der Waals surface area contributed by atoms with Gasteiger partial charge in [-0.2, -0.15) is 0 Å². The Morgan fingerprint density at radius 3 is 2.49 bits per heavy atom. The molecule has 10 atom stereocenters. The molecule has 6 N–H and O–H groups in total. The van der Waals surface area contributed by atoms with Crippen LogP contribution >= 0.6 is 0 Å². The minimum absolute atomic E-state index is 0.0484. The minimum atomic E-state index is -3.49. The number of methoxy groups -OCH3 is 1. The number of fused-ring (bicyclic) bond motifs is 2. The average molecular weight is 806 g/mol. The van der Waals surface area contributed by atoms with E-state index < -0.39 is 68.2 Å². The van der Waals surface area contributed by atoms with E-state index >= 15 is 4.11 Å². The maximum absolute atomic E-state index is 16.5. The maximum Gasteiger partial charge on any atom is 0.264 e. The van der Waals surface area contributed by atoms with E-state index in [-0.39, 0.29) is 30.7 Å². The van der Waals surface area contributed by atoms with E-state index in [1.54, 1.807) is 71.3 Å². The number of halogens is 1. The molecule has 0 bridgehead atoms. The number of nitrogens with one attached hydrogen (secondary N) is 1. The summed E-state index contributed by atoms with van der Waals surface area (Å²) < 4.78 is 35.7. The van der Waals surface area contributed by atoms with Crippen LogP contribution in [0.1, 0.15) is 41.6 Å². The fraction of sp³-hybridized carbons (Fsp3) is 0.450. The highest BCUT2D eigenvalue weighted by Crippen LogP contribution is 2.60. The molecule has 1 unspecified atom stereocenters. The SMILES string of the molecule is COc1ccc2c(c1)[C@@]1(O[C@H](CCn3cc(C(CO)c4ccccc4)nn3)[C@@H]([Si](C)(C)F)[C@@H]1C)C(=O)N2Cc1cccc(NC(=O)[C@H]2O[C@@H](O)[C@H](O)[C@@H](O)[C@@H]2O)c1. The van der Waals surface area contributed by atoms with E-state index in [1.165, 1.54) is 7.11 Å². The molecule has 0 saturated carbocycles. The third-order valence-electron chi connectivity index (χ3n) is 11.5. The monoisotopic (exact) mass is 805 g/mol. The minimum Gasteiger partial charge on any atom is -0.497 e. The summed E-state index contributed by atoms with van der Waals surface area (Å²) in [7, 11) is -1.96. The van der Waals surface area contributed by atoms with Gasteiger partial charge in [0.2, 0.25) is 8.41 Å². The molecule has 0 radical (unpaired) electrons. The third kappa shape index (κ3) is 7.49. The van der Waals surface area contributed by atoms with Gasteiger partial charge < -0.3 is 54.1 Å². The molecule has 2 saturated heterocycles. The lowest BCUT2D eigenvalue weighted by Crippen LogP contribution is -2.60. The van der Waals surface area contributed by atoms with E-state index in [9.17, 15) is 35.1 Å². The van der Waals surface area contributed by atoms with Gasteiger partial charge in [0.25, 0.3) is 11.8 Å². The number of aliphatic hydroxyl groups is 5. The third-order valence-corrected chi connectivity index (χ3v) is 13.9. The standard InChI is InChI=1S/C40H48FN5O10Si/c1-22-36(57(3,4)41)31(15-16-45-20-29(43-44-45)27(21-47)24-10-6-5-7-11-24)56-40(22)28-18-26(54-2)13-14-30(28)46(39(40)53)19-23-9-8-12-25(17-23)42-37(51)35-33(49)32(48)34(50)38(52)55-35/h5-14,17-18,20,22,27,31-36,38,47-50,52H,15-16,19,21H2,1-4H3,(H,42,51)/t22-,27?,31+,32-,33-,34+,35-,36-,38+,40+/m0/s1. The highest BCUT2D eigenvalue weighted by molar-refractivity contribution is 6.72. The first-order chi connectivity index (χ1) is 27.2. The average Bonchev–Trinajstić information content (AvgIpc) is 3.85. The second-order valence-corrected chi connectivity index (χ2v) is 19.3. The lowest BCUT2D eigenvalue weighted by molar-refractivity contribution is -0.274. The van der Waals surface area contributed by atoms with Gasteiger partial charge in [0.15, 0.2) is 18.0 Å². The first-order valence-corrected chi connectivity index (χ1v) is 21.8. The molecule has 2 fully saturated rings. The van der Waals surface area contributed by atoms with Gasteiger partial charge >= 0.3 is 0 Å². The highest BCUT2D eigenvalue weighted by atomic mass is 28.4. The van der Waals surface area contributed by atoms with Gasteiger partial charge in [-0.3, -0.25) is 14.3 Å². The van der Waals surface area contributed by atoms with E-state index in [4.69, 9.17) is 14.2 Å². The van der Waals surface area contributed by atoms with Gasteiger partial charge in [-0.05, 0) is 61.0 Å². The first kappa shape index (κ1) is 40.6. The Hall–Kier alpha value is -4.59. The van der Waals surface area contributed by atoms with Crippen LogP contribution in [0.2, 0.25) is 18.6 Å². The van der Waals surface area contributed by atoms with Crippen LogP contribution in [0.3, 0.4) is 0 Å². The number of amides is 2. The second-order valence-electron chi connectivity index (χ2n) is 15.5. The van der Waals surface area contributed by atoms with E-state index in [0.29, 0.717) is 41.2 Å². The molecular weight excluding hydrogens is 758 g/mol. The van der Waals surface area contributed by atoms with Crippen molar-refractivity contribution in [1.82, 2.24) is 15.0 Å². The number of carbonyl (C=O) groups is 2. The van der Waals surface area contributed by atoms with Crippen molar-refractivity contribution in [2.45, 2.75) is 93.4 Å². The maximum atomic E-state index is 16.5. The fourth-order valence-electron chi connectivity index (χ4n) is 8.70. The van der Waals surface area contributed by atoms with Crippen molar-refractivity contribution >= 4 is 31.6 Å². The van der Waals surface area contributed by atoms with Gasteiger partial charge in [-0.25, -0.2) is 0 Å². The molecule has 57 heavy (non-hydrogen) atoms. The van der Waals surface area contributed by atoms with Crippen LogP contribution in [0.5, 0.6) is 5.75 Å². The normalized spacial score (nSPS) is 29.1. The summed E-state index contributed by atoms with van der Waals surface area (Å²) in [5.74, 6) is -1.67. The van der Waals surface area contributed by atoms with Crippen molar-refractivity contribution in [3.8, 4) is 5.75 Å². The number of hydrogen-bond acceptors (Lipinski definition) is 12. The zero-order valence-electron chi connectivity index (χ0n) is 32.0. The number of carbonyl (C=O) groups excluding carboxylic acids is 2. The summed E-state index contributed by atoms with van der Waals surface area (Å²) in [5.41, 5.74) is 1.41. The Morgan fingerprint density at radius 1 is 1.04 bits per heavy atom. The molecule has 15 nitrogen and oxygen atoms in total. The van der Waals surface area contributed by atoms with Crippen LogP contribution in [0, 0.1) is 5.92 Å². The number of aliphatic hydroxyl groups excluding tert-OH is 5. The van der Waals surface area contributed by atoms with Crippen LogP contribution in [0.25, 0.3) is 0 Å². The second kappa shape index (κ2) is 16.0. The highest BCUT2D eigenvalue weighted by Gasteiger charge is 2.66. The summed E-state index contributed by atoms with van der Waals surface area (Å²) in [5, 5.41) is 61.5. The molecule has 4 heterocycles. The summed E-state index contributed by atoms with van der Waals surface area (Å²) in [6.45, 7) is 5.36. The number of nitrogens with zero attached hydrogens (tertiary/aromatic N) is 4. The molecular formula is C40H48FN5O10Si. The summed E-state index contributed by atoms with van der Waals surface area (Å²) >= 11 is 0. The number of ether oxygens (including phenoxy) is 3. The number of aryl methyl sites for hydroxylation is 1. The van der Waals surface area contributed by atoms with Crippen LogP contribution in [-0.2, 0) is 37.8 Å². The molecule has 17 heteroatoms. The fourth-order valence-corrected chi connectivity index (χ4v) is 11.2. The van der Waals surface area contributed by atoms with Crippen LogP contribution in [0.15, 0.2) is 79.0 Å². The molecule has 0 aliphatic carbocycles. The van der Waals surface area contributed by atoms with Crippen molar-refractivity contribution in [2.75, 3.05) is 23.9 Å². The number of rotatable bonds is 12. The van der Waals surface area contributed by atoms with Gasteiger partial charge in [0, 0.05) is 35.5 Å². The lowest BCUT2D eigenvalue weighted by Gasteiger charge is -2.37. The van der Waals surface area contributed by atoms with Gasteiger partial charge in [-0.15, -0.1) is 5.10 Å². The van der Waals surface area contributed by atoms with Crippen molar-refractivity contribution < 1.29 is 53.4 Å². The van der Waals surface area contributed by atoms with Crippen molar-refractivity contribution in [3.05, 3.63) is 101 Å². The summed E-state index contributed by atoms with van der Waals surface area (Å²) in [6, 6.07) is 21.4. The van der Waals surface area contributed by atoms with Gasteiger partial charge in [0.1, 0.15) is 24.1 Å². The smallest absolute Gasteiger partial charge is 0.264 e. The predicted octanol–water partition coefficient (Wildman–Crippen LogP) is 2.56. The van der Waals surface area contributed by atoms with E-state index in [2.05, 4.69) is 15.6 Å². The molecule has 3 aliphatic heterocycles. The molecule has 1 aromatic heterocycles. The van der Waals surface area contributed by atoms with Crippen LogP contribution in [0.4, 0.5) is 15.5 Å². The predicted molar refractivity (Wildman–Crippen MR) is 206 cm³/mol. The lowest BCUT2D eigenvalue weighted by atomic mass is 9.82. The molecule has 3 aromatic carbocycles. The Kier molecular flexibility index (Phi) is 11.4. The Labute approximate surface area is 329 Å². The zero-order chi connectivity index (χ0) is 40.8. The van der Waals surface area contributed by atoms with Crippen LogP contribution in [-0.4, -0.2) is 111 Å². The number of benzene rings is 3. The molecule has 4 aromatic rings. The van der Waals surface area contributed by atoms with Crippen molar-refractivity contribution in [3.63, 3.8) is 0 Å². The van der Waals surface area contributed by atoms with Crippen molar-refractivity contribution in [2.24, 2.45) is 5.92 Å². The summed E-state index contributed by atoms with van der Waals surface area (Å²) in [6.07, 6.45) is -7.50. The molecule has 1 spiro atoms. The number of aromatic nitrogens is 3. The Balaban J connectivity index is 1.14. The molecule has 7 rings (SSSR count). The van der Waals surface area contributed by atoms with E-state index in [1.807, 2.05) is 37.3 Å². The topological polar surface area (TPSA) is 209 Å². The van der Waals surface area contributed by atoms with Gasteiger partial charge in [0.05, 0.1) is 43.7 Å². The number of hydrogen-bond donors (Lipinski definition) is 6. The first-order valence-electron chi connectivity index (χ1n) is 18.9. The van der Waals surface area contributed by atoms with Crippen LogP contribution < -0.4 is 15.0 Å². The van der Waals surface area contributed by atoms with Gasteiger partial charge in [-0.1, -0.05) is 54.6 Å². The molecule has 304 valence electrons. The number of anilines is 2. The van der Waals surface area contributed by atoms with Crippen molar-refractivity contribution in [1.29, 1.82) is 0 Å². The quantitative estimate of drug-likeness (QED) is 0.0903. The Morgan fingerprint density at radius 2 is 1.79 bits per heavy atom. The Bertz CT molecular complexity index is 2090. The summed E-state index contributed by atoms with van der Waals surface area (Å²) in [4.78, 5) is 29.6. The van der Waals surface area contributed by atoms with E-state index in [0.717, 1.165) is 5.56 Å². The zero-order valence-corrected chi connectivity index (χ0v) is 33.0. The molecule has 2 amide bonds.